The van der Waals surface area contributed by atoms with Crippen LogP contribution in [0.25, 0.3) is 0 Å². The predicted molar refractivity (Wildman–Crippen MR) is 69.1 cm³/mol. The van der Waals surface area contributed by atoms with Crippen molar-refractivity contribution in [3.63, 3.8) is 0 Å². The molecular formula is C15H14N2. The Bertz CT molecular complexity index is 489. The van der Waals surface area contributed by atoms with Crippen LogP contribution < -0.4 is 0 Å². The third kappa shape index (κ3) is 2.46. The number of hydrogen-bond acceptors (Lipinski definition) is 2. The quantitative estimate of drug-likeness (QED) is 0.734. The number of hydrogen-bond donors (Lipinski definition) is 0. The van der Waals surface area contributed by atoms with Crippen LogP contribution in [0.3, 0.4) is 0 Å². The summed E-state index contributed by atoms with van der Waals surface area (Å²) in [5, 5.41) is 8.77. The maximum atomic E-state index is 8.77. The summed E-state index contributed by atoms with van der Waals surface area (Å²) in [5.41, 5.74) is 1.84. The van der Waals surface area contributed by atoms with Crippen LogP contribution in [-0.4, -0.2) is 11.4 Å². The minimum absolute atomic E-state index is 0.156. The van der Waals surface area contributed by atoms with E-state index in [1.807, 2.05) is 42.5 Å². The third-order valence-electron chi connectivity index (χ3n) is 2.80. The van der Waals surface area contributed by atoms with Crippen LogP contribution in [0.4, 0.5) is 0 Å². The van der Waals surface area contributed by atoms with Crippen LogP contribution in [0.1, 0.15) is 17.2 Å². The van der Waals surface area contributed by atoms with Gasteiger partial charge >= 0.3 is 0 Å². The molecule has 2 heteroatoms. The van der Waals surface area contributed by atoms with Gasteiger partial charge in [0.1, 0.15) is 0 Å². The number of allylic oxidation sites excluding steroid dienone is 2. The van der Waals surface area contributed by atoms with E-state index in [0.29, 0.717) is 5.56 Å². The smallest absolute Gasteiger partial charge is 0.0991 e. The molecule has 1 unspecified atom stereocenters. The second-order valence-corrected chi connectivity index (χ2v) is 3.88. The highest BCUT2D eigenvalue weighted by Gasteiger charge is 2.13. The lowest BCUT2D eigenvalue weighted by Gasteiger charge is -2.29. The molecule has 0 saturated heterocycles. The van der Waals surface area contributed by atoms with E-state index in [2.05, 4.69) is 29.8 Å². The van der Waals surface area contributed by atoms with Gasteiger partial charge in [-0.25, -0.2) is 0 Å². The molecule has 1 aromatic carbocycles. The van der Waals surface area contributed by atoms with Gasteiger partial charge in [-0.1, -0.05) is 30.4 Å². The summed E-state index contributed by atoms with van der Waals surface area (Å²) in [4.78, 5) is 2.20. The Hall–Kier alpha value is -2.27. The lowest BCUT2D eigenvalue weighted by molar-refractivity contribution is 0.356. The summed E-state index contributed by atoms with van der Waals surface area (Å²) in [6, 6.07) is 9.93. The molecule has 1 aromatic rings. The van der Waals surface area contributed by atoms with Crippen LogP contribution in [0, 0.1) is 11.3 Å². The fraction of sp³-hybridized carbons (Fsp3) is 0.133. The molecule has 1 heterocycles. The lowest BCUT2D eigenvalue weighted by atomic mass is 10.0. The molecule has 1 atom stereocenters. The highest BCUT2D eigenvalue weighted by molar-refractivity contribution is 5.34. The Morgan fingerprint density at radius 1 is 1.29 bits per heavy atom. The van der Waals surface area contributed by atoms with Crippen LogP contribution in [0.15, 0.2) is 61.3 Å². The molecule has 1 aliphatic heterocycles. The maximum Gasteiger partial charge on any atom is 0.0991 e. The Morgan fingerprint density at radius 2 is 2.06 bits per heavy atom. The average molecular weight is 222 g/mol. The van der Waals surface area contributed by atoms with Gasteiger partial charge in [-0.3, -0.25) is 0 Å². The van der Waals surface area contributed by atoms with Crippen molar-refractivity contribution in [1.82, 2.24) is 4.90 Å². The number of rotatable bonds is 3. The molecule has 0 N–H and O–H groups in total. The summed E-state index contributed by atoms with van der Waals surface area (Å²) in [6.45, 7) is 4.77. The van der Waals surface area contributed by atoms with Crippen molar-refractivity contribution >= 4 is 0 Å². The Labute approximate surface area is 102 Å². The first-order valence-corrected chi connectivity index (χ1v) is 5.57. The van der Waals surface area contributed by atoms with E-state index in [9.17, 15) is 0 Å². The summed E-state index contributed by atoms with van der Waals surface area (Å²) in [6.07, 6.45) is 10.1. The van der Waals surface area contributed by atoms with Crippen molar-refractivity contribution in [2.45, 2.75) is 6.04 Å². The molecule has 0 bridgehead atoms. The first-order chi connectivity index (χ1) is 8.35. The maximum absolute atomic E-state index is 8.77. The molecule has 2 rings (SSSR count). The molecular weight excluding hydrogens is 208 g/mol. The van der Waals surface area contributed by atoms with E-state index in [0.717, 1.165) is 12.1 Å². The molecule has 0 aromatic heterocycles. The van der Waals surface area contributed by atoms with Gasteiger partial charge in [-0.2, -0.15) is 5.26 Å². The van der Waals surface area contributed by atoms with Crippen LogP contribution >= 0.6 is 0 Å². The van der Waals surface area contributed by atoms with E-state index >= 15 is 0 Å². The van der Waals surface area contributed by atoms with E-state index < -0.39 is 0 Å². The van der Waals surface area contributed by atoms with E-state index in [1.54, 1.807) is 0 Å². The van der Waals surface area contributed by atoms with Crippen LogP contribution in [0.5, 0.6) is 0 Å². The summed E-state index contributed by atoms with van der Waals surface area (Å²) in [5.74, 6) is 0. The number of benzene rings is 1. The van der Waals surface area contributed by atoms with Crippen molar-refractivity contribution in [1.29, 1.82) is 5.26 Å². The first-order valence-electron chi connectivity index (χ1n) is 5.57. The zero-order valence-electron chi connectivity index (χ0n) is 9.58. The summed E-state index contributed by atoms with van der Waals surface area (Å²) >= 11 is 0. The van der Waals surface area contributed by atoms with E-state index in [-0.39, 0.29) is 6.04 Å². The second-order valence-electron chi connectivity index (χ2n) is 3.88. The largest absolute Gasteiger partial charge is 0.363 e. The van der Waals surface area contributed by atoms with Crippen molar-refractivity contribution in [3.05, 3.63) is 72.5 Å². The highest BCUT2D eigenvalue weighted by atomic mass is 15.1. The molecule has 2 nitrogen and oxygen atoms in total. The van der Waals surface area contributed by atoms with Gasteiger partial charge in [0.15, 0.2) is 0 Å². The molecule has 1 aliphatic rings. The van der Waals surface area contributed by atoms with Gasteiger partial charge in [-0.05, 0) is 23.8 Å². The van der Waals surface area contributed by atoms with E-state index in [1.165, 1.54) is 0 Å². The zero-order valence-corrected chi connectivity index (χ0v) is 9.58. The highest BCUT2D eigenvalue weighted by Crippen LogP contribution is 2.23. The molecule has 0 fully saturated rings. The predicted octanol–water partition coefficient (Wildman–Crippen LogP) is 3.17. The first kappa shape index (κ1) is 11.2. The van der Waals surface area contributed by atoms with Crippen molar-refractivity contribution in [2.24, 2.45) is 0 Å². The number of nitrogens with zero attached hydrogens (tertiary/aromatic N) is 2. The SMILES string of the molecule is C=CC(c1ccc(C#N)cc1)N1C=CC=CC1. The Morgan fingerprint density at radius 3 is 2.59 bits per heavy atom. The van der Waals surface area contributed by atoms with Crippen molar-refractivity contribution in [3.8, 4) is 6.07 Å². The zero-order chi connectivity index (χ0) is 12.1. The lowest BCUT2D eigenvalue weighted by Crippen LogP contribution is -2.23. The van der Waals surface area contributed by atoms with Gasteiger partial charge in [0.05, 0.1) is 17.7 Å². The third-order valence-corrected chi connectivity index (χ3v) is 2.80. The Kier molecular flexibility index (Phi) is 3.42. The van der Waals surface area contributed by atoms with E-state index in [4.69, 9.17) is 5.26 Å². The topological polar surface area (TPSA) is 27.0 Å². The van der Waals surface area contributed by atoms with Gasteiger partial charge < -0.3 is 4.90 Å². The summed E-state index contributed by atoms with van der Waals surface area (Å²) < 4.78 is 0. The van der Waals surface area contributed by atoms with Crippen molar-refractivity contribution < 1.29 is 0 Å². The molecule has 84 valence electrons. The normalized spacial score (nSPS) is 15.4. The number of nitriles is 1. The fourth-order valence-electron chi connectivity index (χ4n) is 1.91. The van der Waals surface area contributed by atoms with Crippen LogP contribution in [0.2, 0.25) is 0 Å². The fourth-order valence-corrected chi connectivity index (χ4v) is 1.91. The van der Waals surface area contributed by atoms with Crippen molar-refractivity contribution in [2.75, 3.05) is 6.54 Å². The molecule has 0 saturated carbocycles. The van der Waals surface area contributed by atoms with Gasteiger partial charge in [0.25, 0.3) is 0 Å². The van der Waals surface area contributed by atoms with Gasteiger partial charge in [-0.15, -0.1) is 6.58 Å². The summed E-state index contributed by atoms with van der Waals surface area (Å²) in [7, 11) is 0. The second kappa shape index (κ2) is 5.18. The standard InChI is InChI=1S/C15H14N2/c1-2-15(17-10-4-3-5-11-17)14-8-6-13(12-16)7-9-14/h2-10,15H,1,11H2. The Balaban J connectivity index is 2.23. The minimum atomic E-state index is 0.156. The molecule has 0 amide bonds. The average Bonchev–Trinajstić information content (AvgIpc) is 2.42. The van der Waals surface area contributed by atoms with Crippen LogP contribution in [-0.2, 0) is 0 Å². The molecule has 0 aliphatic carbocycles. The monoisotopic (exact) mass is 222 g/mol. The molecule has 0 radical (unpaired) electrons. The van der Waals surface area contributed by atoms with Gasteiger partial charge in [0.2, 0.25) is 0 Å². The molecule has 0 spiro atoms. The minimum Gasteiger partial charge on any atom is -0.363 e. The molecule has 17 heavy (non-hydrogen) atoms. The van der Waals surface area contributed by atoms with Gasteiger partial charge in [0, 0.05) is 12.7 Å².